The number of nitrogens with one attached hydrogen (secondary N) is 2. The third-order valence-corrected chi connectivity index (χ3v) is 9.74. The van der Waals surface area contributed by atoms with Crippen molar-refractivity contribution in [2.24, 2.45) is 4.99 Å². The van der Waals surface area contributed by atoms with Crippen LogP contribution in [0.15, 0.2) is 124 Å². The molecule has 0 bridgehead atoms. The smallest absolute Gasteiger partial charge is 0.264 e. The number of amides is 2. The molecule has 0 atom stereocenters. The molecule has 2 amide bonds. The van der Waals surface area contributed by atoms with Gasteiger partial charge in [0, 0.05) is 35.1 Å². The summed E-state index contributed by atoms with van der Waals surface area (Å²) in [6, 6.07) is 33.2. The first kappa shape index (κ1) is 35.1. The Hall–Kier alpha value is -4.19. The van der Waals surface area contributed by atoms with Crippen molar-refractivity contribution in [3.63, 3.8) is 0 Å². The number of carbonyl (C=O) groups is 2. The number of carbonyl (C=O) groups excluding carboxylic acids is 2. The summed E-state index contributed by atoms with van der Waals surface area (Å²) in [5.41, 5.74) is 5.10. The van der Waals surface area contributed by atoms with E-state index >= 15 is 0 Å². The molecule has 0 spiro atoms. The van der Waals surface area contributed by atoms with Gasteiger partial charge in [0.05, 0.1) is 21.9 Å². The van der Waals surface area contributed by atoms with Crippen LogP contribution < -0.4 is 14.8 Å². The predicted octanol–water partition coefficient (Wildman–Crippen LogP) is 6.59. The topological polar surface area (TPSA) is 114 Å². The van der Waals surface area contributed by atoms with E-state index in [9.17, 15) is 18.0 Å². The number of ether oxygens (including phenoxy) is 1. The maximum atomic E-state index is 13.0. The molecule has 2 N–H and O–H groups in total. The van der Waals surface area contributed by atoms with Crippen LogP contribution in [-0.2, 0) is 32.6 Å². The van der Waals surface area contributed by atoms with Crippen molar-refractivity contribution in [3.8, 4) is 5.75 Å². The van der Waals surface area contributed by atoms with Crippen molar-refractivity contribution in [2.45, 2.75) is 31.8 Å². The standard InChI is InChI=1S/C37H31N3O5S2.Na/c1-24-7-11-27(12-8-24)23-45-33-21-29-6-4-3-5-28(29)20-30(33)22-34-36(42)39-37(46-34)38-31-15-13-26(14-16-31)19-35(41)40-47(43,44)32-17-9-25(2)10-18-32;/h3-18,20-22H,19,23H2,1-2H3,(H,40,41)(H,38,39,42);. The fourth-order valence-electron chi connectivity index (χ4n) is 4.90. The number of aryl methyl sites for hydroxylation is 2. The van der Waals surface area contributed by atoms with E-state index in [-0.39, 0.29) is 46.8 Å². The van der Waals surface area contributed by atoms with E-state index < -0.39 is 15.9 Å². The van der Waals surface area contributed by atoms with Gasteiger partial charge in [-0.3, -0.25) is 9.59 Å². The number of hydrogen-bond acceptors (Lipinski definition) is 7. The van der Waals surface area contributed by atoms with Crippen LogP contribution in [0, 0.1) is 13.8 Å². The number of sulfonamides is 1. The summed E-state index contributed by atoms with van der Waals surface area (Å²) in [4.78, 5) is 30.5. The largest absolute Gasteiger partial charge is 0.488 e. The van der Waals surface area contributed by atoms with Crippen molar-refractivity contribution < 1.29 is 22.7 Å². The van der Waals surface area contributed by atoms with Crippen LogP contribution in [0.4, 0.5) is 5.69 Å². The molecule has 48 heavy (non-hydrogen) atoms. The molecule has 1 aliphatic heterocycles. The van der Waals surface area contributed by atoms with Gasteiger partial charge < -0.3 is 10.1 Å². The minimum atomic E-state index is -3.96. The number of aliphatic imine (C=N–C) groups is 1. The average Bonchev–Trinajstić information content (AvgIpc) is 3.39. The minimum Gasteiger partial charge on any atom is -0.488 e. The van der Waals surface area contributed by atoms with Crippen LogP contribution in [0.3, 0.4) is 0 Å². The predicted molar refractivity (Wildman–Crippen MR) is 193 cm³/mol. The summed E-state index contributed by atoms with van der Waals surface area (Å²) in [5, 5.41) is 5.30. The van der Waals surface area contributed by atoms with E-state index in [2.05, 4.69) is 15.0 Å². The number of amidine groups is 1. The minimum absolute atomic E-state index is 0. The summed E-state index contributed by atoms with van der Waals surface area (Å²) in [6.45, 7) is 4.28. The summed E-state index contributed by atoms with van der Waals surface area (Å²) >= 11 is 1.22. The number of nitrogens with zero attached hydrogens (tertiary/aromatic N) is 1. The van der Waals surface area contributed by atoms with Crippen LogP contribution in [0.1, 0.15) is 27.8 Å². The van der Waals surface area contributed by atoms with Crippen LogP contribution in [-0.4, -0.2) is 55.0 Å². The molecule has 5 aromatic carbocycles. The Morgan fingerprint density at radius 1 is 0.854 bits per heavy atom. The van der Waals surface area contributed by atoms with E-state index in [1.165, 1.54) is 29.5 Å². The molecule has 1 fully saturated rings. The molecule has 0 unspecified atom stereocenters. The molecule has 1 radical (unpaired) electrons. The van der Waals surface area contributed by atoms with Crippen LogP contribution in [0.2, 0.25) is 0 Å². The summed E-state index contributed by atoms with van der Waals surface area (Å²) in [5.74, 6) is -0.245. The SMILES string of the molecule is Cc1ccc(COc2cc3ccccc3cc2C=C2SC(=Nc3ccc(CC(=O)NS(=O)(=O)c4ccc(C)cc4)cc3)NC2=O)cc1.[Na]. The van der Waals surface area contributed by atoms with Crippen molar-refractivity contribution in [3.05, 3.63) is 142 Å². The summed E-state index contributed by atoms with van der Waals surface area (Å²) in [6.07, 6.45) is 1.69. The Balaban J connectivity index is 0.00000451. The van der Waals surface area contributed by atoms with Crippen molar-refractivity contribution in [1.29, 1.82) is 0 Å². The molecule has 1 saturated heterocycles. The van der Waals surface area contributed by atoms with Crippen LogP contribution in [0.5, 0.6) is 5.75 Å². The molecule has 0 saturated carbocycles. The number of rotatable bonds is 9. The normalized spacial score (nSPS) is 14.5. The first-order chi connectivity index (χ1) is 22.6. The Morgan fingerprint density at radius 3 is 2.12 bits per heavy atom. The van der Waals surface area contributed by atoms with Gasteiger partial charge in [0.1, 0.15) is 12.4 Å². The molecule has 1 aliphatic rings. The molecular weight excluding hydrogens is 654 g/mol. The molecule has 237 valence electrons. The monoisotopic (exact) mass is 684 g/mol. The molecule has 11 heteroatoms. The van der Waals surface area contributed by atoms with Gasteiger partial charge in [0.15, 0.2) is 5.17 Å². The maximum absolute atomic E-state index is 13.0. The third-order valence-electron chi connectivity index (χ3n) is 7.44. The average molecular weight is 685 g/mol. The van der Waals surface area contributed by atoms with Gasteiger partial charge in [-0.1, -0.05) is 83.9 Å². The second-order valence-electron chi connectivity index (χ2n) is 11.2. The number of benzene rings is 5. The van der Waals surface area contributed by atoms with Crippen LogP contribution in [0.25, 0.3) is 16.8 Å². The van der Waals surface area contributed by atoms with E-state index in [1.54, 1.807) is 36.4 Å². The Labute approximate surface area is 306 Å². The zero-order chi connectivity index (χ0) is 33.0. The van der Waals surface area contributed by atoms with Crippen LogP contribution >= 0.6 is 11.8 Å². The molecule has 5 aromatic rings. The quantitative estimate of drug-likeness (QED) is 0.134. The zero-order valence-corrected chi connectivity index (χ0v) is 30.3. The van der Waals surface area contributed by atoms with E-state index in [0.717, 1.165) is 27.5 Å². The molecule has 6 rings (SSSR count). The van der Waals surface area contributed by atoms with Gasteiger partial charge in [0.25, 0.3) is 15.9 Å². The van der Waals surface area contributed by atoms with E-state index in [4.69, 9.17) is 4.74 Å². The first-order valence-electron chi connectivity index (χ1n) is 14.8. The van der Waals surface area contributed by atoms with Gasteiger partial charge in [0.2, 0.25) is 5.91 Å². The van der Waals surface area contributed by atoms with E-state index in [0.29, 0.717) is 33.7 Å². The Kier molecular flexibility index (Phi) is 11.2. The second kappa shape index (κ2) is 15.4. The van der Waals surface area contributed by atoms with Gasteiger partial charge in [-0.05, 0) is 90.0 Å². The van der Waals surface area contributed by atoms with Crippen molar-refractivity contribution in [2.75, 3.05) is 0 Å². The maximum Gasteiger partial charge on any atom is 0.264 e. The van der Waals surface area contributed by atoms with Crippen molar-refractivity contribution in [1.82, 2.24) is 10.0 Å². The second-order valence-corrected chi connectivity index (χ2v) is 13.9. The van der Waals surface area contributed by atoms with Crippen molar-refractivity contribution >= 4 is 90.9 Å². The molecular formula is C37H31N3NaO5S2. The summed E-state index contributed by atoms with van der Waals surface area (Å²) < 4.78 is 33.4. The molecule has 8 nitrogen and oxygen atoms in total. The van der Waals surface area contributed by atoms with Gasteiger partial charge in [-0.2, -0.15) is 0 Å². The van der Waals surface area contributed by atoms with E-state index in [1.807, 2.05) is 80.6 Å². The number of thioether (sulfide) groups is 1. The third kappa shape index (κ3) is 8.83. The number of fused-ring (bicyclic) bond motifs is 1. The first-order valence-corrected chi connectivity index (χ1v) is 17.1. The van der Waals surface area contributed by atoms with Gasteiger partial charge in [-0.15, -0.1) is 0 Å². The van der Waals surface area contributed by atoms with Gasteiger partial charge >= 0.3 is 0 Å². The molecule has 1 heterocycles. The Morgan fingerprint density at radius 2 is 1.46 bits per heavy atom. The number of hydrogen-bond donors (Lipinski definition) is 2. The fraction of sp³-hybridized carbons (Fsp3) is 0.108. The summed E-state index contributed by atoms with van der Waals surface area (Å²) in [7, 11) is -3.96. The fourth-order valence-corrected chi connectivity index (χ4v) is 6.71. The molecule has 0 aromatic heterocycles. The molecule has 0 aliphatic carbocycles. The Bertz CT molecular complexity index is 2150. The zero-order valence-electron chi connectivity index (χ0n) is 26.7. The van der Waals surface area contributed by atoms with Gasteiger partial charge in [-0.25, -0.2) is 18.1 Å².